The van der Waals surface area contributed by atoms with Gasteiger partial charge in [-0.2, -0.15) is 13.2 Å². The first-order valence-corrected chi connectivity index (χ1v) is 10.4. The number of hydrogen-bond acceptors (Lipinski definition) is 2. The van der Waals surface area contributed by atoms with Gasteiger partial charge in [-0.1, -0.05) is 65.7 Å². The predicted octanol–water partition coefficient (Wildman–Crippen LogP) is 6.34. The molecule has 1 unspecified atom stereocenters. The van der Waals surface area contributed by atoms with Gasteiger partial charge in [-0.3, -0.25) is 9.59 Å². The molecule has 0 aliphatic rings. The fraction of sp³-hybridized carbons (Fsp3) is 0.182. The highest BCUT2D eigenvalue weighted by molar-refractivity contribution is 6.48. The summed E-state index contributed by atoms with van der Waals surface area (Å²) in [4.78, 5) is 23.8. The van der Waals surface area contributed by atoms with Crippen LogP contribution < -0.4 is 10.6 Å². The maximum absolute atomic E-state index is 13.6. The number of rotatable bonds is 8. The van der Waals surface area contributed by atoms with Gasteiger partial charge in [-0.15, -0.1) is 0 Å². The molecule has 2 amide bonds. The van der Waals surface area contributed by atoms with Gasteiger partial charge < -0.3 is 10.6 Å². The summed E-state index contributed by atoms with van der Waals surface area (Å²) in [6.45, 7) is 2.41. The van der Waals surface area contributed by atoms with E-state index in [1.807, 2.05) is 0 Å². The zero-order chi connectivity index (χ0) is 24.8. The summed E-state index contributed by atoms with van der Waals surface area (Å²) < 4.78 is 53.0. The van der Waals surface area contributed by atoms with Crippen molar-refractivity contribution in [3.8, 4) is 0 Å². The van der Waals surface area contributed by atoms with Gasteiger partial charge in [0.15, 0.2) is 0 Å². The van der Waals surface area contributed by atoms with E-state index in [0.717, 1.165) is 18.2 Å². The van der Waals surface area contributed by atoms with E-state index in [9.17, 15) is 27.2 Å². The normalized spacial score (nSPS) is 12.5. The lowest BCUT2D eigenvalue weighted by Gasteiger charge is -2.18. The second-order valence-electron chi connectivity index (χ2n) is 6.68. The first-order valence-electron chi connectivity index (χ1n) is 9.28. The Balaban J connectivity index is 2.16. The van der Waals surface area contributed by atoms with Gasteiger partial charge in [-0.25, -0.2) is 4.39 Å². The quantitative estimate of drug-likeness (QED) is 0.241. The van der Waals surface area contributed by atoms with Crippen molar-refractivity contribution in [1.29, 1.82) is 0 Å². The smallest absolute Gasteiger partial charge is 0.348 e. The fourth-order valence-electron chi connectivity index (χ4n) is 2.65. The first-order chi connectivity index (χ1) is 15.4. The molecular weight excluding hydrogens is 507 g/mol. The molecule has 0 spiro atoms. The molecule has 176 valence electrons. The number of nitrogens with one attached hydrogen (secondary N) is 2. The van der Waals surface area contributed by atoms with Crippen LogP contribution in [0.25, 0.3) is 6.08 Å². The molecule has 2 aromatic carbocycles. The average Bonchev–Trinajstić information content (AvgIpc) is 2.75. The highest BCUT2D eigenvalue weighted by atomic mass is 35.5. The van der Waals surface area contributed by atoms with E-state index in [-0.39, 0.29) is 38.4 Å². The number of halogens is 7. The summed E-state index contributed by atoms with van der Waals surface area (Å²) in [7, 11) is 0. The van der Waals surface area contributed by atoms with Crippen molar-refractivity contribution in [2.45, 2.75) is 12.1 Å². The Bertz CT molecular complexity index is 1050. The van der Waals surface area contributed by atoms with E-state index in [0.29, 0.717) is 5.56 Å². The number of allylic oxidation sites excluding steroid dienone is 1. The number of carbonyl (C=O) groups excluding carboxylic acids is 2. The van der Waals surface area contributed by atoms with Crippen LogP contribution in [0.2, 0.25) is 15.1 Å². The second-order valence-corrected chi connectivity index (χ2v) is 7.87. The van der Waals surface area contributed by atoms with E-state index in [1.165, 1.54) is 30.3 Å². The second kappa shape index (κ2) is 11.5. The Kier molecular flexibility index (Phi) is 9.34. The monoisotopic (exact) mass is 522 g/mol. The van der Waals surface area contributed by atoms with Crippen molar-refractivity contribution >= 4 is 52.7 Å². The van der Waals surface area contributed by atoms with Gasteiger partial charge in [0.25, 0.3) is 11.8 Å². The van der Waals surface area contributed by atoms with Gasteiger partial charge in [0.1, 0.15) is 6.67 Å². The molecule has 0 bridgehead atoms. The summed E-state index contributed by atoms with van der Waals surface area (Å²) in [5.41, 5.74) is 0.0612. The molecule has 4 nitrogen and oxygen atoms in total. The van der Waals surface area contributed by atoms with Crippen LogP contribution in [0, 0.1) is 0 Å². The zero-order valence-electron chi connectivity index (χ0n) is 16.8. The average molecular weight is 524 g/mol. The Hall–Kier alpha value is -2.55. The minimum atomic E-state index is -4.63. The molecule has 2 aromatic rings. The Morgan fingerprint density at radius 2 is 1.64 bits per heavy atom. The third kappa shape index (κ3) is 7.48. The van der Waals surface area contributed by atoms with Crippen LogP contribution in [0.1, 0.15) is 27.4 Å². The molecule has 11 heteroatoms. The molecule has 0 heterocycles. The van der Waals surface area contributed by atoms with Crippen molar-refractivity contribution in [3.63, 3.8) is 0 Å². The maximum atomic E-state index is 13.6. The molecule has 2 rings (SSSR count). The maximum Gasteiger partial charge on any atom is 0.399 e. The molecule has 0 aliphatic carbocycles. The molecule has 1 atom stereocenters. The van der Waals surface area contributed by atoms with Gasteiger partial charge in [0, 0.05) is 12.1 Å². The molecule has 33 heavy (non-hydrogen) atoms. The number of benzene rings is 2. The first kappa shape index (κ1) is 26.7. The van der Waals surface area contributed by atoms with E-state index >= 15 is 0 Å². The SMILES string of the molecule is C=C(NC(=O)c1ccc(/C=C/C(c2cc(Cl)c(Cl)c(Cl)c2)C(F)(F)F)cc1)C(=O)NCCF. The number of alkyl halides is 4. The Morgan fingerprint density at radius 1 is 1.06 bits per heavy atom. The molecule has 0 aromatic heterocycles. The summed E-state index contributed by atoms with van der Waals surface area (Å²) in [6, 6.07) is 7.77. The van der Waals surface area contributed by atoms with Crippen molar-refractivity contribution < 1.29 is 27.2 Å². The molecule has 2 N–H and O–H groups in total. The number of carbonyl (C=O) groups is 2. The van der Waals surface area contributed by atoms with Gasteiger partial charge in [0.05, 0.1) is 26.7 Å². The largest absolute Gasteiger partial charge is 0.399 e. The molecular formula is C22H17Cl3F4N2O2. The van der Waals surface area contributed by atoms with Crippen LogP contribution in [-0.4, -0.2) is 31.2 Å². The van der Waals surface area contributed by atoms with Crippen molar-refractivity contribution in [2.75, 3.05) is 13.2 Å². The summed E-state index contributed by atoms with van der Waals surface area (Å²) in [5, 5.41) is 4.23. The Morgan fingerprint density at radius 3 is 2.15 bits per heavy atom. The minimum absolute atomic E-state index is 0.0385. The van der Waals surface area contributed by atoms with Crippen molar-refractivity contribution in [2.24, 2.45) is 0 Å². The van der Waals surface area contributed by atoms with E-state index in [4.69, 9.17) is 34.8 Å². The zero-order valence-corrected chi connectivity index (χ0v) is 19.0. The molecule has 0 fully saturated rings. The number of hydrogen-bond donors (Lipinski definition) is 2. The molecule has 0 saturated heterocycles. The highest BCUT2D eigenvalue weighted by Crippen LogP contribution is 2.41. The molecule has 0 saturated carbocycles. The van der Waals surface area contributed by atoms with E-state index < -0.39 is 30.6 Å². The Labute approximate surface area is 202 Å². The van der Waals surface area contributed by atoms with Crippen molar-refractivity contribution in [3.05, 3.63) is 86.5 Å². The summed E-state index contributed by atoms with van der Waals surface area (Å²) in [6.07, 6.45) is -2.46. The fourth-order valence-corrected chi connectivity index (χ4v) is 3.26. The van der Waals surface area contributed by atoms with Crippen LogP contribution >= 0.6 is 34.8 Å². The predicted molar refractivity (Wildman–Crippen MR) is 121 cm³/mol. The topological polar surface area (TPSA) is 58.2 Å². The summed E-state index contributed by atoms with van der Waals surface area (Å²) >= 11 is 17.5. The highest BCUT2D eigenvalue weighted by Gasteiger charge is 2.39. The third-order valence-corrected chi connectivity index (χ3v) is 5.49. The van der Waals surface area contributed by atoms with Gasteiger partial charge in [-0.05, 0) is 35.4 Å². The number of amides is 2. The third-order valence-electron chi connectivity index (χ3n) is 4.29. The summed E-state index contributed by atoms with van der Waals surface area (Å²) in [5.74, 6) is -3.40. The molecule has 0 radical (unpaired) electrons. The van der Waals surface area contributed by atoms with Crippen LogP contribution in [0.15, 0.2) is 54.8 Å². The van der Waals surface area contributed by atoms with Gasteiger partial charge >= 0.3 is 6.18 Å². The van der Waals surface area contributed by atoms with E-state index in [2.05, 4.69) is 17.2 Å². The lowest BCUT2D eigenvalue weighted by atomic mass is 9.97. The van der Waals surface area contributed by atoms with E-state index in [1.54, 1.807) is 0 Å². The molecule has 0 aliphatic heterocycles. The van der Waals surface area contributed by atoms with Crippen LogP contribution in [0.5, 0.6) is 0 Å². The van der Waals surface area contributed by atoms with Crippen molar-refractivity contribution in [1.82, 2.24) is 10.6 Å². The van der Waals surface area contributed by atoms with Crippen LogP contribution in [-0.2, 0) is 4.79 Å². The lowest BCUT2D eigenvalue weighted by Crippen LogP contribution is -2.35. The van der Waals surface area contributed by atoms with Gasteiger partial charge in [0.2, 0.25) is 0 Å². The lowest BCUT2D eigenvalue weighted by molar-refractivity contribution is -0.139. The van der Waals surface area contributed by atoms with Crippen LogP contribution in [0.4, 0.5) is 17.6 Å². The van der Waals surface area contributed by atoms with Crippen LogP contribution in [0.3, 0.4) is 0 Å². The standard InChI is InChI=1S/C22H17Cl3F4N2O2/c1-12(20(32)30-9-8-26)31-21(33)14-5-2-13(3-6-14)4-7-16(22(27,28)29)15-10-17(23)19(25)18(24)11-15/h2-7,10-11,16H,1,8-9H2,(H,30,32)(H,31,33)/b7-4+. The minimum Gasteiger partial charge on any atom is -0.348 e.